The zero-order valence-electron chi connectivity index (χ0n) is 33.5. The number of nitrogens with two attached hydrogens (primary N) is 1. The third kappa shape index (κ3) is 10.5. The van der Waals surface area contributed by atoms with Crippen molar-refractivity contribution in [3.8, 4) is 22.5 Å². The molecule has 2 fully saturated rings. The van der Waals surface area contributed by atoms with Crippen LogP contribution in [-0.4, -0.2) is 77.4 Å². The lowest BCUT2D eigenvalue weighted by atomic mass is 9.81. The van der Waals surface area contributed by atoms with E-state index in [1.165, 1.54) is 24.3 Å². The first-order valence-corrected chi connectivity index (χ1v) is 24.4. The average molecular weight is 912 g/mol. The number of aromatic nitrogens is 2. The molecule has 0 saturated carbocycles. The number of ether oxygens (including phenoxy) is 2. The van der Waals surface area contributed by atoms with Gasteiger partial charge in [-0.2, -0.15) is 0 Å². The van der Waals surface area contributed by atoms with Gasteiger partial charge in [-0.3, -0.25) is 0 Å². The van der Waals surface area contributed by atoms with Gasteiger partial charge in [-0.25, -0.2) is 41.1 Å². The molecule has 62 heavy (non-hydrogen) atoms. The van der Waals surface area contributed by atoms with Gasteiger partial charge in [0.1, 0.15) is 10.0 Å². The molecule has 0 bridgehead atoms. The molecule has 5 N–H and O–H groups in total. The summed E-state index contributed by atoms with van der Waals surface area (Å²) in [7, 11) is -7.56. The fourth-order valence-electron chi connectivity index (χ4n) is 7.21. The number of thiazole rings is 2. The van der Waals surface area contributed by atoms with Gasteiger partial charge in [0.2, 0.25) is 20.0 Å². The van der Waals surface area contributed by atoms with Crippen molar-refractivity contribution in [1.29, 1.82) is 0 Å². The Morgan fingerprint density at radius 2 is 1.15 bits per heavy atom. The highest BCUT2D eigenvalue weighted by Gasteiger charge is 2.40. The maximum Gasteiger partial charge on any atom is 0.240 e. The van der Waals surface area contributed by atoms with E-state index in [4.69, 9.17) is 37.0 Å². The summed E-state index contributed by atoms with van der Waals surface area (Å²) >= 11 is 3.10. The number of amidine groups is 1. The molecular weight excluding hydrogens is 867 g/mol. The molecule has 0 radical (unpaired) electrons. The third-order valence-corrected chi connectivity index (χ3v) is 15.9. The topological polar surface area (TPSA) is 200 Å². The van der Waals surface area contributed by atoms with Gasteiger partial charge in [-0.05, 0) is 49.9 Å². The number of nitrogens with one attached hydrogen (secondary N) is 2. The second kappa shape index (κ2) is 19.8. The summed E-state index contributed by atoms with van der Waals surface area (Å²) in [5.41, 5.74) is 9.20. The van der Waals surface area contributed by atoms with E-state index in [-0.39, 0.29) is 28.7 Å². The highest BCUT2D eigenvalue weighted by molar-refractivity contribution is 7.89. The van der Waals surface area contributed by atoms with Gasteiger partial charge in [-0.15, -0.1) is 22.7 Å². The van der Waals surface area contributed by atoms with Crippen LogP contribution in [0.15, 0.2) is 135 Å². The van der Waals surface area contributed by atoms with Crippen molar-refractivity contribution in [2.45, 2.75) is 46.3 Å². The molecule has 2 aliphatic heterocycles. The molecule has 2 saturated heterocycles. The Morgan fingerprint density at radius 1 is 0.694 bits per heavy atom. The number of nitrogens with zero attached hydrogens (tertiary/aromatic N) is 4. The molecule has 0 aliphatic carbocycles. The molecule has 0 unspecified atom stereocenters. The minimum atomic E-state index is -3.82. The van der Waals surface area contributed by atoms with Crippen molar-refractivity contribution in [3.63, 3.8) is 0 Å². The lowest BCUT2D eigenvalue weighted by Crippen LogP contribution is -2.44. The summed E-state index contributed by atoms with van der Waals surface area (Å²) in [5, 5.41) is 17.7. The molecule has 0 amide bonds. The van der Waals surface area contributed by atoms with Crippen LogP contribution in [0.1, 0.15) is 41.3 Å². The normalized spacial score (nSPS) is 16.4. The van der Waals surface area contributed by atoms with E-state index >= 15 is 0 Å². The number of hydrogen-bond donors (Lipinski definition) is 4. The Kier molecular flexibility index (Phi) is 14.3. The molecular formula is C44H45N7O7S4. The van der Waals surface area contributed by atoms with Gasteiger partial charge in [0, 0.05) is 77.8 Å². The smallest absolute Gasteiger partial charge is 0.240 e. The Bertz CT molecular complexity index is 2740. The number of sulfonamides is 2. The second-order valence-corrected chi connectivity index (χ2v) is 20.1. The van der Waals surface area contributed by atoms with E-state index in [9.17, 15) is 16.8 Å². The van der Waals surface area contributed by atoms with Crippen molar-refractivity contribution < 1.29 is 31.5 Å². The molecule has 18 heteroatoms. The van der Waals surface area contributed by atoms with Crippen LogP contribution in [0.3, 0.4) is 0 Å². The maximum atomic E-state index is 13.0. The summed E-state index contributed by atoms with van der Waals surface area (Å²) in [5.74, 6) is -0.154. The quantitative estimate of drug-likeness (QED) is 0.0299. The van der Waals surface area contributed by atoms with Crippen LogP contribution in [0.25, 0.3) is 27.4 Å². The van der Waals surface area contributed by atoms with Gasteiger partial charge < -0.3 is 20.4 Å². The van der Waals surface area contributed by atoms with Gasteiger partial charge >= 0.3 is 0 Å². The molecule has 0 atom stereocenters. The van der Waals surface area contributed by atoms with Crippen molar-refractivity contribution >= 4 is 54.2 Å². The van der Waals surface area contributed by atoms with Crippen LogP contribution in [0.4, 0.5) is 5.69 Å². The first-order chi connectivity index (χ1) is 30.0. The zero-order chi connectivity index (χ0) is 43.6. The molecule has 2 aromatic heterocycles. The van der Waals surface area contributed by atoms with Gasteiger partial charge in [0.15, 0.2) is 11.5 Å². The Balaban J connectivity index is 0.000000187. The van der Waals surface area contributed by atoms with Crippen molar-refractivity contribution in [2.75, 3.05) is 39.5 Å². The lowest BCUT2D eigenvalue weighted by Gasteiger charge is -2.35. The largest absolute Gasteiger partial charge is 0.409 e. The van der Waals surface area contributed by atoms with Crippen LogP contribution in [0.2, 0.25) is 0 Å². The van der Waals surface area contributed by atoms with Crippen molar-refractivity contribution in [3.05, 3.63) is 147 Å². The van der Waals surface area contributed by atoms with E-state index in [2.05, 4.69) is 19.4 Å². The monoisotopic (exact) mass is 911 g/mol. The van der Waals surface area contributed by atoms with Crippen LogP contribution < -0.4 is 15.2 Å². The maximum absolute atomic E-state index is 13.0. The van der Waals surface area contributed by atoms with E-state index in [1.807, 2.05) is 71.4 Å². The minimum absolute atomic E-state index is 0.0490. The summed E-state index contributed by atoms with van der Waals surface area (Å²) in [4.78, 5) is 13.2. The predicted octanol–water partition coefficient (Wildman–Crippen LogP) is 7.32. The van der Waals surface area contributed by atoms with Crippen molar-refractivity contribution in [2.24, 2.45) is 10.9 Å². The standard InChI is InChI=1S/C22H24N4O4S2.C22H21N3O3S2/c23-20(26-27)17-7-4-8-18(13-17)32(28,29)24-15-22(9-11-30-12-10-22)21-25-19(14-31-21)16-5-2-1-3-6-16;1-23-18-8-5-9-19(14-18)30(26,27)24-16-22(10-12-28-13-11-22)21-25-20(15-29-21)17-6-3-2-4-7-17/h1-8,13-14,24,27H,9-12,15H2,(H2,23,26);2-9,14-15,24H,10-13,16H2. The van der Waals surface area contributed by atoms with Crippen molar-refractivity contribution in [1.82, 2.24) is 19.4 Å². The van der Waals surface area contributed by atoms with E-state index < -0.39 is 30.9 Å². The first kappa shape index (κ1) is 44.7. The number of oxime groups is 1. The third-order valence-electron chi connectivity index (χ3n) is 11.0. The minimum Gasteiger partial charge on any atom is -0.409 e. The summed E-state index contributed by atoms with van der Waals surface area (Å²) in [6.07, 6.45) is 2.72. The van der Waals surface area contributed by atoms with Crippen LogP contribution in [-0.2, 0) is 40.4 Å². The molecule has 0 spiro atoms. The summed E-state index contributed by atoms with van der Waals surface area (Å²) in [6, 6.07) is 31.9. The van der Waals surface area contributed by atoms with Gasteiger partial charge in [-0.1, -0.05) is 90.1 Å². The highest BCUT2D eigenvalue weighted by Crippen LogP contribution is 2.40. The molecule has 6 aromatic rings. The highest BCUT2D eigenvalue weighted by atomic mass is 32.2. The molecule has 14 nitrogen and oxygen atoms in total. The fourth-order valence-corrected chi connectivity index (χ4v) is 11.7. The molecule has 8 rings (SSSR count). The number of benzene rings is 4. The number of rotatable bonds is 13. The fraction of sp³-hybridized carbons (Fsp3) is 0.273. The van der Waals surface area contributed by atoms with E-state index in [1.54, 1.807) is 46.9 Å². The summed E-state index contributed by atoms with van der Waals surface area (Å²) < 4.78 is 68.5. The lowest BCUT2D eigenvalue weighted by molar-refractivity contribution is 0.0515. The van der Waals surface area contributed by atoms with E-state index in [0.717, 1.165) is 32.5 Å². The molecule has 2 aliphatic rings. The summed E-state index contributed by atoms with van der Waals surface area (Å²) in [6.45, 7) is 9.77. The zero-order valence-corrected chi connectivity index (χ0v) is 36.8. The predicted molar refractivity (Wildman–Crippen MR) is 241 cm³/mol. The molecule has 322 valence electrons. The SMILES string of the molecule is N/C(=N\O)c1cccc(S(=O)(=O)NCC2(c3nc(-c4ccccc4)cs3)CCOCC2)c1.[C-]#[N+]c1cccc(S(=O)(=O)NCC2(c3nc(-c4ccccc4)cs3)CCOCC2)c1. The first-order valence-electron chi connectivity index (χ1n) is 19.7. The van der Waals surface area contributed by atoms with Crippen LogP contribution in [0.5, 0.6) is 0 Å². The average Bonchev–Trinajstić information content (AvgIpc) is 4.04. The molecule has 4 heterocycles. The second-order valence-electron chi connectivity index (χ2n) is 14.9. The van der Waals surface area contributed by atoms with Crippen LogP contribution >= 0.6 is 22.7 Å². The Morgan fingerprint density at radius 3 is 1.60 bits per heavy atom. The number of hydrogen-bond acceptors (Lipinski definition) is 12. The van der Waals surface area contributed by atoms with Crippen LogP contribution in [0, 0.1) is 6.57 Å². The Labute approximate surface area is 369 Å². The molecule has 4 aromatic carbocycles. The van der Waals surface area contributed by atoms with Gasteiger partial charge in [0.05, 0.1) is 27.8 Å². The van der Waals surface area contributed by atoms with Gasteiger partial charge in [0.25, 0.3) is 0 Å². The van der Waals surface area contributed by atoms with E-state index in [0.29, 0.717) is 63.4 Å². The Hall–Kier alpha value is -5.36.